The van der Waals surface area contributed by atoms with Crippen molar-refractivity contribution in [3.8, 4) is 0 Å². The maximum Gasteiger partial charge on any atom is 0.328 e. The maximum atomic E-state index is 11.4. The Kier molecular flexibility index (Phi) is 2.92. The molecule has 82 valence electrons. The molecule has 1 aromatic carbocycles. The summed E-state index contributed by atoms with van der Waals surface area (Å²) in [5.74, 6) is 0. The summed E-state index contributed by atoms with van der Waals surface area (Å²) < 4.78 is 1.39. The molecule has 2 aromatic rings. The van der Waals surface area contributed by atoms with Crippen LogP contribution in [0.3, 0.4) is 0 Å². The van der Waals surface area contributed by atoms with Crippen LogP contribution in [0.25, 0.3) is 0 Å². The average Bonchev–Trinajstić information content (AvgIpc) is 2.25. The molecule has 0 radical (unpaired) electrons. The van der Waals surface area contributed by atoms with Crippen molar-refractivity contribution in [2.45, 2.75) is 6.54 Å². The van der Waals surface area contributed by atoms with Gasteiger partial charge in [-0.2, -0.15) is 0 Å². The number of halogens is 1. The molecular formula is C11H9ClN2O2. The highest BCUT2D eigenvalue weighted by Crippen LogP contribution is 2.15. The van der Waals surface area contributed by atoms with Crippen LogP contribution in [-0.2, 0) is 6.54 Å². The van der Waals surface area contributed by atoms with Gasteiger partial charge in [-0.1, -0.05) is 29.8 Å². The largest absolute Gasteiger partial charge is 0.328 e. The summed E-state index contributed by atoms with van der Waals surface area (Å²) in [5, 5.41) is 0.598. The molecule has 0 aliphatic rings. The minimum absolute atomic E-state index is 0.343. The number of aromatic nitrogens is 2. The van der Waals surface area contributed by atoms with E-state index < -0.39 is 11.2 Å². The van der Waals surface area contributed by atoms with Crippen LogP contribution in [0.4, 0.5) is 0 Å². The summed E-state index contributed by atoms with van der Waals surface area (Å²) in [4.78, 5) is 24.5. The lowest BCUT2D eigenvalue weighted by Crippen LogP contribution is -2.28. The van der Waals surface area contributed by atoms with Gasteiger partial charge < -0.3 is 0 Å². The van der Waals surface area contributed by atoms with Crippen LogP contribution in [0.15, 0.2) is 46.1 Å². The van der Waals surface area contributed by atoms with Crippen molar-refractivity contribution >= 4 is 11.6 Å². The molecule has 0 unspecified atom stereocenters. The molecule has 0 aliphatic heterocycles. The molecular weight excluding hydrogens is 228 g/mol. The molecule has 4 nitrogen and oxygen atoms in total. The highest BCUT2D eigenvalue weighted by Gasteiger charge is 2.01. The van der Waals surface area contributed by atoms with Crippen molar-refractivity contribution in [1.82, 2.24) is 9.55 Å². The summed E-state index contributed by atoms with van der Waals surface area (Å²) in [6.45, 7) is 0.343. The molecule has 1 N–H and O–H groups in total. The van der Waals surface area contributed by atoms with E-state index in [0.29, 0.717) is 11.6 Å². The van der Waals surface area contributed by atoms with Gasteiger partial charge in [-0.25, -0.2) is 4.79 Å². The number of nitrogens with one attached hydrogen (secondary N) is 1. The van der Waals surface area contributed by atoms with Crippen LogP contribution in [0.1, 0.15) is 5.56 Å². The molecule has 0 spiro atoms. The standard InChI is InChI=1S/C11H9ClN2O2/c12-9-4-2-1-3-8(9)7-14-6-5-10(15)13-11(14)16/h1-6H,7H2,(H,13,15,16). The lowest BCUT2D eigenvalue weighted by Gasteiger charge is -2.05. The number of hydrogen-bond donors (Lipinski definition) is 1. The van der Waals surface area contributed by atoms with Crippen LogP contribution >= 0.6 is 11.6 Å². The van der Waals surface area contributed by atoms with Gasteiger partial charge >= 0.3 is 5.69 Å². The molecule has 0 fully saturated rings. The van der Waals surface area contributed by atoms with E-state index in [-0.39, 0.29) is 0 Å². The second-order valence-electron chi connectivity index (χ2n) is 3.33. The van der Waals surface area contributed by atoms with Crippen molar-refractivity contribution in [1.29, 1.82) is 0 Å². The Bertz CT molecular complexity index is 616. The van der Waals surface area contributed by atoms with Gasteiger partial charge in [0.15, 0.2) is 0 Å². The topological polar surface area (TPSA) is 54.9 Å². The first kappa shape index (κ1) is 10.7. The number of hydrogen-bond acceptors (Lipinski definition) is 2. The van der Waals surface area contributed by atoms with Gasteiger partial charge in [0.05, 0.1) is 6.54 Å². The summed E-state index contributed by atoms with van der Waals surface area (Å²) in [5.41, 5.74) is -0.00820. The Morgan fingerprint density at radius 2 is 1.94 bits per heavy atom. The first-order chi connectivity index (χ1) is 7.66. The number of aromatic amines is 1. The molecule has 16 heavy (non-hydrogen) atoms. The van der Waals surface area contributed by atoms with Crippen molar-refractivity contribution in [3.63, 3.8) is 0 Å². The second kappa shape index (κ2) is 4.37. The molecule has 0 saturated heterocycles. The highest BCUT2D eigenvalue weighted by atomic mass is 35.5. The summed E-state index contributed by atoms with van der Waals surface area (Å²) in [6.07, 6.45) is 1.45. The Morgan fingerprint density at radius 3 is 2.62 bits per heavy atom. The zero-order chi connectivity index (χ0) is 11.5. The van der Waals surface area contributed by atoms with Crippen molar-refractivity contribution in [2.24, 2.45) is 0 Å². The van der Waals surface area contributed by atoms with Crippen molar-refractivity contribution in [3.05, 3.63) is 68.0 Å². The van der Waals surface area contributed by atoms with Crippen LogP contribution < -0.4 is 11.2 Å². The van der Waals surface area contributed by atoms with Crippen LogP contribution in [0.5, 0.6) is 0 Å². The predicted octanol–water partition coefficient (Wildman–Crippen LogP) is 1.24. The Hall–Kier alpha value is -1.81. The number of rotatable bonds is 2. The molecule has 0 aliphatic carbocycles. The fourth-order valence-electron chi connectivity index (χ4n) is 1.38. The molecule has 0 amide bonds. The minimum atomic E-state index is -0.438. The number of benzene rings is 1. The van der Waals surface area contributed by atoms with Gasteiger partial charge in [-0.15, -0.1) is 0 Å². The van der Waals surface area contributed by atoms with Gasteiger partial charge in [-0.05, 0) is 11.6 Å². The lowest BCUT2D eigenvalue weighted by atomic mass is 10.2. The third-order valence-electron chi connectivity index (χ3n) is 2.20. The Labute approximate surface area is 96.1 Å². The predicted molar refractivity (Wildman–Crippen MR) is 61.9 cm³/mol. The van der Waals surface area contributed by atoms with Gasteiger partial charge in [0, 0.05) is 17.3 Å². The monoisotopic (exact) mass is 236 g/mol. The molecule has 2 rings (SSSR count). The molecule has 1 aromatic heterocycles. The molecule has 1 heterocycles. The van der Waals surface area contributed by atoms with Gasteiger partial charge in [-0.3, -0.25) is 14.3 Å². The Morgan fingerprint density at radius 1 is 1.19 bits per heavy atom. The van der Waals surface area contributed by atoms with E-state index in [1.807, 2.05) is 18.2 Å². The normalized spacial score (nSPS) is 10.3. The SMILES string of the molecule is O=c1ccn(Cc2ccccc2Cl)c(=O)[nH]1. The van der Waals surface area contributed by atoms with Crippen LogP contribution in [-0.4, -0.2) is 9.55 Å². The summed E-state index contributed by atoms with van der Waals surface area (Å²) in [6, 6.07) is 8.56. The first-order valence-electron chi connectivity index (χ1n) is 4.70. The van der Waals surface area contributed by atoms with E-state index in [9.17, 15) is 9.59 Å². The molecule has 5 heteroatoms. The zero-order valence-electron chi connectivity index (χ0n) is 8.31. The summed E-state index contributed by atoms with van der Waals surface area (Å²) in [7, 11) is 0. The van der Waals surface area contributed by atoms with E-state index >= 15 is 0 Å². The Balaban J connectivity index is 2.38. The molecule has 0 atom stereocenters. The zero-order valence-corrected chi connectivity index (χ0v) is 9.07. The molecule has 0 saturated carbocycles. The van der Waals surface area contributed by atoms with E-state index in [0.717, 1.165) is 5.56 Å². The highest BCUT2D eigenvalue weighted by molar-refractivity contribution is 6.31. The second-order valence-corrected chi connectivity index (χ2v) is 3.74. The third-order valence-corrected chi connectivity index (χ3v) is 2.56. The molecule has 0 bridgehead atoms. The van der Waals surface area contributed by atoms with E-state index in [2.05, 4.69) is 4.98 Å². The van der Waals surface area contributed by atoms with E-state index in [1.165, 1.54) is 16.8 Å². The van der Waals surface area contributed by atoms with Gasteiger partial charge in [0.1, 0.15) is 0 Å². The minimum Gasteiger partial charge on any atom is -0.296 e. The van der Waals surface area contributed by atoms with Gasteiger partial charge in [0.25, 0.3) is 5.56 Å². The fourth-order valence-corrected chi connectivity index (χ4v) is 1.57. The smallest absolute Gasteiger partial charge is 0.296 e. The van der Waals surface area contributed by atoms with Crippen molar-refractivity contribution in [2.75, 3.05) is 0 Å². The lowest BCUT2D eigenvalue weighted by molar-refractivity contribution is 0.720. The summed E-state index contributed by atoms with van der Waals surface area (Å²) >= 11 is 5.97. The quantitative estimate of drug-likeness (QED) is 0.853. The first-order valence-corrected chi connectivity index (χ1v) is 5.08. The average molecular weight is 237 g/mol. The number of H-pyrrole nitrogens is 1. The fraction of sp³-hybridized carbons (Fsp3) is 0.0909. The number of nitrogens with zero attached hydrogens (tertiary/aromatic N) is 1. The van der Waals surface area contributed by atoms with Crippen LogP contribution in [0.2, 0.25) is 5.02 Å². The van der Waals surface area contributed by atoms with Crippen LogP contribution in [0, 0.1) is 0 Å². The van der Waals surface area contributed by atoms with Crippen molar-refractivity contribution < 1.29 is 0 Å². The third kappa shape index (κ3) is 2.23. The van der Waals surface area contributed by atoms with E-state index in [4.69, 9.17) is 11.6 Å². The van der Waals surface area contributed by atoms with E-state index in [1.54, 1.807) is 6.07 Å². The van der Waals surface area contributed by atoms with Gasteiger partial charge in [0.2, 0.25) is 0 Å². The maximum absolute atomic E-state index is 11.4.